The third-order valence-electron chi connectivity index (χ3n) is 10.5. The summed E-state index contributed by atoms with van der Waals surface area (Å²) in [7, 11) is 0. The Bertz CT molecular complexity index is 2890. The molecule has 0 spiro atoms. The van der Waals surface area contributed by atoms with Gasteiger partial charge in [0.15, 0.2) is 0 Å². The fraction of sp³-hybridized carbons (Fsp3) is 0. The van der Waals surface area contributed by atoms with E-state index in [9.17, 15) is 0 Å². The summed E-state index contributed by atoms with van der Waals surface area (Å²) >= 11 is 1.86. The summed E-state index contributed by atoms with van der Waals surface area (Å²) in [5.74, 6) is 0. The van der Waals surface area contributed by atoms with Crippen molar-refractivity contribution in [2.24, 2.45) is 0 Å². The average molecular weight is 706 g/mol. The zero-order valence-electron chi connectivity index (χ0n) is 29.6. The molecule has 1 nitrogen and oxygen atoms in total. The van der Waals surface area contributed by atoms with Crippen LogP contribution in [0.3, 0.4) is 0 Å². The van der Waals surface area contributed by atoms with Gasteiger partial charge in [-0.15, -0.1) is 11.3 Å². The number of nitrogens with zero attached hydrogens (tertiary/aromatic N) is 1. The number of thiophene rings is 1. The quantitative estimate of drug-likeness (QED) is 0.160. The minimum Gasteiger partial charge on any atom is -0.309 e. The predicted octanol–water partition coefficient (Wildman–Crippen LogP) is 15.3. The van der Waals surface area contributed by atoms with Crippen molar-refractivity contribution < 1.29 is 0 Å². The van der Waals surface area contributed by atoms with Crippen LogP contribution < -0.4 is 4.90 Å². The van der Waals surface area contributed by atoms with E-state index in [0.717, 1.165) is 11.4 Å². The standard InChI is InChI=1S/C52H35NS/c1-3-12-36(13-4-1)38-22-24-41(25-23-38)49-35-43(34-42-16-7-8-17-46(42)49)40-28-32-45(33-29-40)53(44-30-26-39(27-31-44)37-14-5-2-6-15-37)50-20-11-19-48-47-18-9-10-21-51(47)54-52(48)50/h1-35H. The molecular weight excluding hydrogens is 671 g/mol. The fourth-order valence-corrected chi connectivity index (χ4v) is 8.97. The second-order valence-electron chi connectivity index (χ2n) is 13.7. The molecule has 0 aliphatic carbocycles. The third-order valence-corrected chi connectivity index (χ3v) is 11.7. The SMILES string of the molecule is c1ccc(-c2ccc(-c3cc(-c4ccc(N(c5ccc(-c6ccccc6)cc5)c5cccc6c5sc5ccccc56)cc4)cc4ccccc34)cc2)cc1. The third kappa shape index (κ3) is 5.84. The lowest BCUT2D eigenvalue weighted by Crippen LogP contribution is -2.10. The van der Waals surface area contributed by atoms with E-state index >= 15 is 0 Å². The van der Waals surface area contributed by atoms with Gasteiger partial charge in [0, 0.05) is 26.8 Å². The Morgan fingerprint density at radius 1 is 0.315 bits per heavy atom. The van der Waals surface area contributed by atoms with Crippen molar-refractivity contribution in [3.05, 3.63) is 212 Å². The average Bonchev–Trinajstić information content (AvgIpc) is 3.64. The summed E-state index contributed by atoms with van der Waals surface area (Å²) in [4.78, 5) is 2.41. The molecule has 1 heterocycles. The van der Waals surface area contributed by atoms with E-state index in [4.69, 9.17) is 0 Å². The van der Waals surface area contributed by atoms with Crippen LogP contribution in [0.1, 0.15) is 0 Å². The molecular formula is C52H35NS. The Morgan fingerprint density at radius 2 is 0.796 bits per heavy atom. The van der Waals surface area contributed by atoms with Crippen molar-refractivity contribution in [3.8, 4) is 44.5 Å². The Kier molecular flexibility index (Phi) is 8.09. The summed E-state index contributed by atoms with van der Waals surface area (Å²) < 4.78 is 2.59. The maximum atomic E-state index is 2.41. The maximum absolute atomic E-state index is 2.41. The highest BCUT2D eigenvalue weighted by Crippen LogP contribution is 2.45. The van der Waals surface area contributed by atoms with Gasteiger partial charge < -0.3 is 4.90 Å². The van der Waals surface area contributed by atoms with Crippen LogP contribution in [0.25, 0.3) is 75.5 Å². The van der Waals surface area contributed by atoms with Crippen molar-refractivity contribution >= 4 is 59.3 Å². The van der Waals surface area contributed by atoms with Crippen LogP contribution in [0, 0.1) is 0 Å². The van der Waals surface area contributed by atoms with E-state index < -0.39 is 0 Å². The molecule has 10 rings (SSSR count). The smallest absolute Gasteiger partial charge is 0.0640 e. The largest absolute Gasteiger partial charge is 0.309 e. The Balaban J connectivity index is 1.07. The van der Waals surface area contributed by atoms with Crippen molar-refractivity contribution in [3.63, 3.8) is 0 Å². The highest BCUT2D eigenvalue weighted by Gasteiger charge is 2.19. The second kappa shape index (κ2) is 13.7. The minimum atomic E-state index is 1.12. The first-order chi connectivity index (χ1) is 26.8. The molecule has 0 atom stereocenters. The highest BCUT2D eigenvalue weighted by molar-refractivity contribution is 7.26. The summed E-state index contributed by atoms with van der Waals surface area (Å²) in [6.07, 6.45) is 0. The molecule has 0 amide bonds. The van der Waals surface area contributed by atoms with Crippen LogP contribution in [-0.4, -0.2) is 0 Å². The number of hydrogen-bond acceptors (Lipinski definition) is 2. The lowest BCUT2D eigenvalue weighted by Gasteiger charge is -2.26. The zero-order valence-corrected chi connectivity index (χ0v) is 30.4. The number of fused-ring (bicyclic) bond motifs is 4. The molecule has 0 aliphatic heterocycles. The zero-order chi connectivity index (χ0) is 35.8. The molecule has 0 N–H and O–H groups in total. The molecule has 54 heavy (non-hydrogen) atoms. The topological polar surface area (TPSA) is 3.24 Å². The molecule has 254 valence electrons. The summed E-state index contributed by atoms with van der Waals surface area (Å²) in [6.45, 7) is 0. The van der Waals surface area contributed by atoms with Crippen molar-refractivity contribution in [1.82, 2.24) is 0 Å². The molecule has 9 aromatic carbocycles. The van der Waals surface area contributed by atoms with Gasteiger partial charge in [-0.2, -0.15) is 0 Å². The summed E-state index contributed by atoms with van der Waals surface area (Å²) in [5, 5.41) is 5.08. The van der Waals surface area contributed by atoms with Crippen LogP contribution in [0.2, 0.25) is 0 Å². The molecule has 0 aliphatic rings. The molecule has 0 saturated heterocycles. The molecule has 0 unspecified atom stereocenters. The van der Waals surface area contributed by atoms with E-state index in [0.29, 0.717) is 0 Å². The van der Waals surface area contributed by atoms with Gasteiger partial charge in [-0.1, -0.05) is 164 Å². The Labute approximate surface area is 319 Å². The van der Waals surface area contributed by atoms with E-state index in [1.165, 1.54) is 81.1 Å². The van der Waals surface area contributed by atoms with Crippen LogP contribution in [-0.2, 0) is 0 Å². The first-order valence-corrected chi connectivity index (χ1v) is 19.2. The first kappa shape index (κ1) is 32.0. The molecule has 2 heteroatoms. The number of rotatable bonds is 7. The van der Waals surface area contributed by atoms with Gasteiger partial charge in [-0.3, -0.25) is 0 Å². The van der Waals surface area contributed by atoms with Gasteiger partial charge >= 0.3 is 0 Å². The Morgan fingerprint density at radius 3 is 1.44 bits per heavy atom. The van der Waals surface area contributed by atoms with Crippen molar-refractivity contribution in [1.29, 1.82) is 0 Å². The maximum Gasteiger partial charge on any atom is 0.0640 e. The van der Waals surface area contributed by atoms with E-state index in [1.807, 2.05) is 11.3 Å². The molecule has 0 fully saturated rings. The first-order valence-electron chi connectivity index (χ1n) is 18.4. The lowest BCUT2D eigenvalue weighted by molar-refractivity contribution is 1.30. The van der Waals surface area contributed by atoms with Gasteiger partial charge in [0.2, 0.25) is 0 Å². The Hall–Kier alpha value is -6.74. The number of anilines is 3. The molecule has 1 aromatic heterocycles. The number of hydrogen-bond donors (Lipinski definition) is 0. The minimum absolute atomic E-state index is 1.12. The van der Waals surface area contributed by atoms with E-state index in [-0.39, 0.29) is 0 Å². The van der Waals surface area contributed by atoms with E-state index in [1.54, 1.807) is 0 Å². The van der Waals surface area contributed by atoms with Crippen molar-refractivity contribution in [2.75, 3.05) is 4.90 Å². The molecule has 0 bridgehead atoms. The van der Waals surface area contributed by atoms with Crippen LogP contribution in [0.5, 0.6) is 0 Å². The van der Waals surface area contributed by atoms with Crippen molar-refractivity contribution in [2.45, 2.75) is 0 Å². The van der Waals surface area contributed by atoms with Crippen LogP contribution in [0.4, 0.5) is 17.1 Å². The van der Waals surface area contributed by atoms with E-state index in [2.05, 4.69) is 217 Å². The molecule has 0 saturated carbocycles. The van der Waals surface area contributed by atoms with Gasteiger partial charge in [-0.05, 0) is 104 Å². The number of benzene rings is 9. The normalized spacial score (nSPS) is 11.3. The van der Waals surface area contributed by atoms with Gasteiger partial charge in [0.25, 0.3) is 0 Å². The molecule has 0 radical (unpaired) electrons. The summed E-state index contributed by atoms with van der Waals surface area (Å²) in [5.41, 5.74) is 13.1. The van der Waals surface area contributed by atoms with Crippen LogP contribution in [0.15, 0.2) is 212 Å². The van der Waals surface area contributed by atoms with Gasteiger partial charge in [-0.25, -0.2) is 0 Å². The van der Waals surface area contributed by atoms with Gasteiger partial charge in [0.05, 0.1) is 10.4 Å². The monoisotopic (exact) mass is 705 g/mol. The molecule has 10 aromatic rings. The second-order valence-corrected chi connectivity index (χ2v) is 14.8. The fourth-order valence-electron chi connectivity index (χ4n) is 7.76. The summed E-state index contributed by atoms with van der Waals surface area (Å²) in [6, 6.07) is 77.1. The highest BCUT2D eigenvalue weighted by atomic mass is 32.1. The van der Waals surface area contributed by atoms with Gasteiger partial charge in [0.1, 0.15) is 0 Å². The lowest BCUT2D eigenvalue weighted by atomic mass is 9.92. The van der Waals surface area contributed by atoms with Crippen LogP contribution >= 0.6 is 11.3 Å². The predicted molar refractivity (Wildman–Crippen MR) is 233 cm³/mol.